The zero-order chi connectivity index (χ0) is 10.2. The zero-order valence-corrected chi connectivity index (χ0v) is 12.4. The first-order valence-electron chi connectivity index (χ1n) is 3.34. The molecule has 7 heteroatoms. The van der Waals surface area contributed by atoms with Gasteiger partial charge in [-0.3, -0.25) is 0 Å². The van der Waals surface area contributed by atoms with Crippen molar-refractivity contribution in [1.82, 2.24) is 0 Å². The summed E-state index contributed by atoms with van der Waals surface area (Å²) in [7, 11) is -4.54. The van der Waals surface area contributed by atoms with Gasteiger partial charge in [-0.25, -0.2) is 8.42 Å². The summed E-state index contributed by atoms with van der Waals surface area (Å²) in [5, 5.41) is -0.208. The predicted molar refractivity (Wildman–Crippen MR) is 48.6 cm³/mol. The number of rotatable bonds is 1. The van der Waals surface area contributed by atoms with E-state index < -0.39 is 15.0 Å². The molecule has 0 unspecified atom stereocenters. The Hall–Kier alpha value is 0.856. The van der Waals surface area contributed by atoms with E-state index in [1.807, 2.05) is 0 Å². The minimum Gasteiger partial charge on any atom is -0.744 e. The third-order valence-corrected chi connectivity index (χ3v) is 2.88. The number of halogens is 1. The number of benzene rings is 1. The van der Waals surface area contributed by atoms with Crippen LogP contribution in [-0.2, 0) is 10.1 Å². The van der Waals surface area contributed by atoms with Gasteiger partial charge in [0.2, 0.25) is 0 Å². The van der Waals surface area contributed by atoms with Gasteiger partial charge >= 0.3 is 51.4 Å². The van der Waals surface area contributed by atoms with Crippen LogP contribution in [0, 0.1) is 6.92 Å². The second-order valence-corrected chi connectivity index (χ2v) is 4.35. The predicted octanol–water partition coefficient (Wildman–Crippen LogP) is -1.86. The molecule has 0 aromatic heterocycles. The number of nitrogen functional groups attached to an aromatic ring is 1. The first kappa shape index (κ1) is 14.9. The van der Waals surface area contributed by atoms with Crippen molar-refractivity contribution in [3.8, 4) is 0 Å². The first-order chi connectivity index (χ1) is 5.82. The first-order valence-corrected chi connectivity index (χ1v) is 5.12. The Morgan fingerprint density at radius 1 is 1.43 bits per heavy atom. The second-order valence-electron chi connectivity index (χ2n) is 2.62. The second kappa shape index (κ2) is 5.27. The standard InChI is InChI=1S/C7H8ClNO3S.K/c1-4-2-5(9)7(8)6(3-4)13(10,11)12;/h2-3H,9H2,1H3,(H,10,11,12);/q;+1/p-1. The van der Waals surface area contributed by atoms with Crippen molar-refractivity contribution in [2.75, 3.05) is 5.73 Å². The molecule has 0 fully saturated rings. The van der Waals surface area contributed by atoms with Crippen LogP contribution < -0.4 is 57.1 Å². The van der Waals surface area contributed by atoms with E-state index in [4.69, 9.17) is 17.3 Å². The van der Waals surface area contributed by atoms with Gasteiger partial charge in [0.25, 0.3) is 0 Å². The molecule has 0 saturated carbocycles. The fraction of sp³-hybridized carbons (Fsp3) is 0.143. The van der Waals surface area contributed by atoms with Crippen LogP contribution in [0.5, 0.6) is 0 Å². The van der Waals surface area contributed by atoms with E-state index in [0.29, 0.717) is 5.56 Å². The summed E-state index contributed by atoms with van der Waals surface area (Å²) < 4.78 is 32.0. The molecule has 14 heavy (non-hydrogen) atoms. The maximum Gasteiger partial charge on any atom is 1.00 e. The molecular weight excluding hydrogens is 253 g/mol. The van der Waals surface area contributed by atoms with Crippen molar-refractivity contribution in [3.63, 3.8) is 0 Å². The van der Waals surface area contributed by atoms with Crippen molar-refractivity contribution in [2.45, 2.75) is 11.8 Å². The molecule has 0 aliphatic rings. The molecule has 0 atom stereocenters. The van der Waals surface area contributed by atoms with Gasteiger partial charge < -0.3 is 10.3 Å². The van der Waals surface area contributed by atoms with Crippen molar-refractivity contribution in [3.05, 3.63) is 22.7 Å². The average Bonchev–Trinajstić information content (AvgIpc) is 1.94. The maximum atomic E-state index is 10.7. The van der Waals surface area contributed by atoms with Crippen molar-refractivity contribution < 1.29 is 64.4 Å². The van der Waals surface area contributed by atoms with Crippen molar-refractivity contribution >= 4 is 27.4 Å². The van der Waals surface area contributed by atoms with E-state index in [1.54, 1.807) is 6.92 Å². The monoisotopic (exact) mass is 259 g/mol. The van der Waals surface area contributed by atoms with Gasteiger partial charge in [-0.2, -0.15) is 0 Å². The van der Waals surface area contributed by atoms with Crippen LogP contribution in [0.4, 0.5) is 5.69 Å². The smallest absolute Gasteiger partial charge is 0.744 e. The Labute approximate surface area is 130 Å². The third kappa shape index (κ3) is 3.46. The van der Waals surface area contributed by atoms with Gasteiger partial charge in [0.05, 0.1) is 15.6 Å². The Bertz CT molecular complexity index is 446. The molecule has 1 aromatic rings. The van der Waals surface area contributed by atoms with Crippen molar-refractivity contribution in [1.29, 1.82) is 0 Å². The fourth-order valence-electron chi connectivity index (χ4n) is 0.945. The maximum absolute atomic E-state index is 10.7. The number of nitrogens with two attached hydrogens (primary N) is 1. The van der Waals surface area contributed by atoms with Gasteiger partial charge in [-0.05, 0) is 24.6 Å². The van der Waals surface area contributed by atoms with E-state index in [-0.39, 0.29) is 62.1 Å². The summed E-state index contributed by atoms with van der Waals surface area (Å²) in [6, 6.07) is 2.69. The van der Waals surface area contributed by atoms with Gasteiger partial charge in [-0.1, -0.05) is 11.6 Å². The van der Waals surface area contributed by atoms with E-state index >= 15 is 0 Å². The Balaban J connectivity index is 0.00000169. The van der Waals surface area contributed by atoms with Crippen LogP contribution in [0.25, 0.3) is 0 Å². The molecular formula is C7H7ClKNO3S. The largest absolute Gasteiger partial charge is 1.00 e. The molecule has 72 valence electrons. The minimum atomic E-state index is -4.54. The Morgan fingerprint density at radius 2 is 1.93 bits per heavy atom. The molecule has 0 saturated heterocycles. The Kier molecular flexibility index (Phi) is 5.59. The number of hydrogen-bond acceptors (Lipinski definition) is 4. The van der Waals surface area contributed by atoms with Crippen molar-refractivity contribution in [2.24, 2.45) is 0 Å². The number of hydrogen-bond donors (Lipinski definition) is 1. The molecule has 0 radical (unpaired) electrons. The molecule has 0 heterocycles. The fourth-order valence-corrected chi connectivity index (χ4v) is 2.00. The summed E-state index contributed by atoms with van der Waals surface area (Å²) in [5.41, 5.74) is 6.06. The van der Waals surface area contributed by atoms with Gasteiger partial charge in [-0.15, -0.1) is 0 Å². The van der Waals surface area contributed by atoms with Crippen LogP contribution in [0.2, 0.25) is 5.02 Å². The molecule has 0 spiro atoms. The summed E-state index contributed by atoms with van der Waals surface area (Å²) in [6.07, 6.45) is 0. The molecule has 4 nitrogen and oxygen atoms in total. The van der Waals surface area contributed by atoms with Crippen LogP contribution >= 0.6 is 11.6 Å². The average molecular weight is 260 g/mol. The van der Waals surface area contributed by atoms with Crippen LogP contribution in [0.3, 0.4) is 0 Å². The zero-order valence-electron chi connectivity index (χ0n) is 7.74. The van der Waals surface area contributed by atoms with Crippen LogP contribution in [0.1, 0.15) is 5.56 Å². The topological polar surface area (TPSA) is 83.2 Å². The SMILES string of the molecule is Cc1cc(N)c(Cl)c(S(=O)(=O)[O-])c1.[K+]. The number of anilines is 1. The number of aryl methyl sites for hydroxylation is 1. The van der Waals surface area contributed by atoms with E-state index in [1.165, 1.54) is 12.1 Å². The third-order valence-electron chi connectivity index (χ3n) is 1.48. The quantitative estimate of drug-likeness (QED) is 0.364. The normalized spacial score (nSPS) is 10.8. The van der Waals surface area contributed by atoms with Gasteiger partial charge in [0.15, 0.2) is 0 Å². The summed E-state index contributed by atoms with van der Waals surface area (Å²) in [6.45, 7) is 1.63. The summed E-state index contributed by atoms with van der Waals surface area (Å²) >= 11 is 5.55. The van der Waals surface area contributed by atoms with Crippen LogP contribution in [-0.4, -0.2) is 13.0 Å². The summed E-state index contributed by atoms with van der Waals surface area (Å²) in [5.74, 6) is 0. The van der Waals surface area contributed by atoms with E-state index in [9.17, 15) is 13.0 Å². The van der Waals surface area contributed by atoms with E-state index in [2.05, 4.69) is 0 Å². The summed E-state index contributed by atoms with van der Waals surface area (Å²) in [4.78, 5) is -0.466. The van der Waals surface area contributed by atoms with Crippen LogP contribution in [0.15, 0.2) is 17.0 Å². The minimum absolute atomic E-state index is 0. The molecule has 2 N–H and O–H groups in total. The molecule has 0 amide bonds. The molecule has 0 aliphatic carbocycles. The van der Waals surface area contributed by atoms with Gasteiger partial charge in [0, 0.05) is 0 Å². The molecule has 1 aromatic carbocycles. The molecule has 0 bridgehead atoms. The van der Waals surface area contributed by atoms with Gasteiger partial charge in [0.1, 0.15) is 10.1 Å². The Morgan fingerprint density at radius 3 is 2.36 bits per heavy atom. The molecule has 0 aliphatic heterocycles. The molecule has 1 rings (SSSR count). The van der Waals surface area contributed by atoms with E-state index in [0.717, 1.165) is 0 Å².